The minimum absolute atomic E-state index is 0.0439. The second-order valence-corrected chi connectivity index (χ2v) is 10.6. The molecule has 1 aliphatic rings. The topological polar surface area (TPSA) is 132 Å². The Morgan fingerprint density at radius 3 is 2.20 bits per heavy atom. The number of nitro benzene ring substituents is 1. The Morgan fingerprint density at radius 2 is 1.55 bits per heavy atom. The highest BCUT2D eigenvalue weighted by Gasteiger charge is 2.36. The SMILES string of the molecule is COc1ccc(N(CC(=O)N2CCN(c3ccccc3OC)CC2)S(=O)(=O)c2ccccc2[N+](=O)[O-])c(OC)c1. The van der Waals surface area contributed by atoms with Crippen molar-refractivity contribution >= 4 is 33.0 Å². The molecule has 0 radical (unpaired) electrons. The second-order valence-electron chi connectivity index (χ2n) is 8.81. The number of methoxy groups -OCH3 is 3. The van der Waals surface area contributed by atoms with Crippen LogP contribution in [0.3, 0.4) is 0 Å². The van der Waals surface area contributed by atoms with Crippen molar-refractivity contribution in [2.45, 2.75) is 4.90 Å². The highest BCUT2D eigenvalue weighted by Crippen LogP contribution is 2.37. The predicted octanol–water partition coefficient (Wildman–Crippen LogP) is 3.16. The van der Waals surface area contributed by atoms with Crippen molar-refractivity contribution in [3.05, 3.63) is 76.8 Å². The summed E-state index contributed by atoms with van der Waals surface area (Å²) in [6.07, 6.45) is 0. The van der Waals surface area contributed by atoms with E-state index >= 15 is 0 Å². The lowest BCUT2D eigenvalue weighted by molar-refractivity contribution is -0.387. The average Bonchev–Trinajstić information content (AvgIpc) is 2.99. The number of hydrogen-bond donors (Lipinski definition) is 0. The summed E-state index contributed by atoms with van der Waals surface area (Å²) < 4.78 is 44.9. The fraction of sp³-hybridized carbons (Fsp3) is 0.296. The van der Waals surface area contributed by atoms with Crippen LogP contribution in [0.1, 0.15) is 0 Å². The molecule has 12 nitrogen and oxygen atoms in total. The minimum atomic E-state index is -4.58. The molecule has 40 heavy (non-hydrogen) atoms. The number of amides is 1. The van der Waals surface area contributed by atoms with Gasteiger partial charge in [0.1, 0.15) is 23.8 Å². The molecule has 0 unspecified atom stereocenters. The van der Waals surface area contributed by atoms with Crippen LogP contribution in [0.5, 0.6) is 17.2 Å². The van der Waals surface area contributed by atoms with E-state index in [2.05, 4.69) is 4.90 Å². The van der Waals surface area contributed by atoms with Crippen molar-refractivity contribution in [2.24, 2.45) is 0 Å². The Morgan fingerprint density at radius 1 is 0.900 bits per heavy atom. The maximum absolute atomic E-state index is 13.9. The molecule has 1 aliphatic heterocycles. The summed E-state index contributed by atoms with van der Waals surface area (Å²) in [6, 6.07) is 17.0. The maximum Gasteiger partial charge on any atom is 0.289 e. The van der Waals surface area contributed by atoms with Crippen LogP contribution in [0.25, 0.3) is 0 Å². The number of carbonyl (C=O) groups excluding carboxylic acids is 1. The first-order chi connectivity index (χ1) is 19.2. The third-order valence-electron chi connectivity index (χ3n) is 6.62. The van der Waals surface area contributed by atoms with Crippen LogP contribution >= 0.6 is 0 Å². The van der Waals surface area contributed by atoms with Gasteiger partial charge in [-0.15, -0.1) is 0 Å². The van der Waals surface area contributed by atoms with Gasteiger partial charge in [0.15, 0.2) is 4.90 Å². The number of sulfonamides is 1. The van der Waals surface area contributed by atoms with Gasteiger partial charge in [-0.05, 0) is 30.3 Å². The predicted molar refractivity (Wildman–Crippen MR) is 149 cm³/mol. The number of nitrogens with zero attached hydrogens (tertiary/aromatic N) is 4. The summed E-state index contributed by atoms with van der Waals surface area (Å²) in [4.78, 5) is 27.6. The van der Waals surface area contributed by atoms with Crippen molar-refractivity contribution in [3.8, 4) is 17.2 Å². The van der Waals surface area contributed by atoms with Gasteiger partial charge < -0.3 is 24.0 Å². The van der Waals surface area contributed by atoms with Crippen molar-refractivity contribution in [3.63, 3.8) is 0 Å². The standard InChI is InChI=1S/C27H30N4O8S/c1-37-20-12-13-22(25(18-20)39-3)30(40(35,36)26-11-7-5-9-23(26)31(33)34)19-27(32)29-16-14-28(15-17-29)21-8-4-6-10-24(21)38-2/h4-13,18H,14-17,19H2,1-3H3. The van der Waals surface area contributed by atoms with Crippen LogP contribution in [0, 0.1) is 10.1 Å². The molecule has 1 amide bonds. The van der Waals surface area contributed by atoms with Gasteiger partial charge in [-0.2, -0.15) is 0 Å². The molecule has 0 saturated carbocycles. The number of carbonyl (C=O) groups is 1. The Balaban J connectivity index is 1.65. The number of ether oxygens (including phenoxy) is 3. The first-order valence-electron chi connectivity index (χ1n) is 12.3. The van der Waals surface area contributed by atoms with Gasteiger partial charge in [0, 0.05) is 38.3 Å². The molecule has 1 saturated heterocycles. The van der Waals surface area contributed by atoms with Gasteiger partial charge in [0.25, 0.3) is 15.7 Å². The largest absolute Gasteiger partial charge is 0.497 e. The molecule has 1 fully saturated rings. The Bertz CT molecular complexity index is 1490. The first-order valence-corrected chi connectivity index (χ1v) is 13.8. The number of nitro groups is 1. The molecule has 0 aromatic heterocycles. The van der Waals surface area contributed by atoms with Crippen molar-refractivity contribution in [1.82, 2.24) is 4.90 Å². The van der Waals surface area contributed by atoms with Crippen LogP contribution in [-0.4, -0.2) is 78.2 Å². The van der Waals surface area contributed by atoms with Gasteiger partial charge in [0.05, 0.1) is 37.6 Å². The minimum Gasteiger partial charge on any atom is -0.497 e. The number of piperazine rings is 1. The Labute approximate surface area is 232 Å². The lowest BCUT2D eigenvalue weighted by atomic mass is 10.2. The van der Waals surface area contributed by atoms with E-state index in [0.29, 0.717) is 31.9 Å². The van der Waals surface area contributed by atoms with E-state index in [1.54, 1.807) is 12.0 Å². The number of hydrogen-bond acceptors (Lipinski definition) is 9. The van der Waals surface area contributed by atoms with E-state index in [1.807, 2.05) is 24.3 Å². The van der Waals surface area contributed by atoms with Gasteiger partial charge in [-0.3, -0.25) is 19.2 Å². The molecule has 0 atom stereocenters. The van der Waals surface area contributed by atoms with Gasteiger partial charge >= 0.3 is 0 Å². The number of para-hydroxylation sites is 3. The molecule has 0 bridgehead atoms. The fourth-order valence-corrected chi connectivity index (χ4v) is 6.13. The molecule has 13 heteroatoms. The number of anilines is 2. The lowest BCUT2D eigenvalue weighted by Crippen LogP contribution is -2.52. The summed E-state index contributed by atoms with van der Waals surface area (Å²) in [7, 11) is -0.184. The van der Waals surface area contributed by atoms with Crippen LogP contribution in [-0.2, 0) is 14.8 Å². The number of rotatable bonds is 10. The maximum atomic E-state index is 13.9. The summed E-state index contributed by atoms with van der Waals surface area (Å²) in [6.45, 7) is 1.11. The molecule has 3 aromatic carbocycles. The molecule has 212 valence electrons. The highest BCUT2D eigenvalue weighted by molar-refractivity contribution is 7.93. The third-order valence-corrected chi connectivity index (χ3v) is 8.43. The zero-order valence-corrected chi connectivity index (χ0v) is 23.2. The Kier molecular flexibility index (Phi) is 8.63. The third kappa shape index (κ3) is 5.73. The van der Waals surface area contributed by atoms with Gasteiger partial charge in [0.2, 0.25) is 5.91 Å². The summed E-state index contributed by atoms with van der Waals surface area (Å²) in [5, 5.41) is 11.7. The van der Waals surface area contributed by atoms with Gasteiger partial charge in [-0.25, -0.2) is 8.42 Å². The Hall–Kier alpha value is -4.52. The first kappa shape index (κ1) is 28.5. The summed E-state index contributed by atoms with van der Waals surface area (Å²) >= 11 is 0. The van der Waals surface area contributed by atoms with Crippen LogP contribution in [0.4, 0.5) is 17.1 Å². The normalized spacial score (nSPS) is 13.5. The average molecular weight is 571 g/mol. The molecule has 3 aromatic rings. The van der Waals surface area contributed by atoms with Crippen molar-refractivity contribution in [2.75, 3.05) is 63.3 Å². The molecule has 4 rings (SSSR count). The van der Waals surface area contributed by atoms with Crippen molar-refractivity contribution < 1.29 is 32.3 Å². The van der Waals surface area contributed by atoms with E-state index in [9.17, 15) is 23.3 Å². The van der Waals surface area contributed by atoms with E-state index in [0.717, 1.165) is 27.9 Å². The van der Waals surface area contributed by atoms with E-state index in [1.165, 1.54) is 44.6 Å². The van der Waals surface area contributed by atoms with Crippen LogP contribution in [0.2, 0.25) is 0 Å². The molecule has 0 aliphatic carbocycles. The lowest BCUT2D eigenvalue weighted by Gasteiger charge is -2.37. The highest BCUT2D eigenvalue weighted by atomic mass is 32.2. The quantitative estimate of drug-likeness (QED) is 0.266. The molecule has 1 heterocycles. The monoisotopic (exact) mass is 570 g/mol. The summed E-state index contributed by atoms with van der Waals surface area (Å²) in [5.41, 5.74) is 0.348. The number of benzene rings is 3. The van der Waals surface area contributed by atoms with Crippen molar-refractivity contribution in [1.29, 1.82) is 0 Å². The summed E-state index contributed by atoms with van der Waals surface area (Å²) in [5.74, 6) is 0.785. The molecular formula is C27H30N4O8S. The second kappa shape index (κ2) is 12.1. The van der Waals surface area contributed by atoms with E-state index in [4.69, 9.17) is 14.2 Å². The zero-order chi connectivity index (χ0) is 28.9. The zero-order valence-electron chi connectivity index (χ0n) is 22.3. The molecule has 0 N–H and O–H groups in total. The van der Waals surface area contributed by atoms with Gasteiger partial charge in [-0.1, -0.05) is 24.3 Å². The van der Waals surface area contributed by atoms with E-state index in [-0.39, 0.29) is 11.4 Å². The van der Waals surface area contributed by atoms with Crippen LogP contribution in [0.15, 0.2) is 71.6 Å². The smallest absolute Gasteiger partial charge is 0.289 e. The molecule has 0 spiro atoms. The molecular weight excluding hydrogens is 540 g/mol. The van der Waals surface area contributed by atoms with Crippen LogP contribution < -0.4 is 23.4 Å². The van der Waals surface area contributed by atoms with E-state index < -0.39 is 38.0 Å². The fourth-order valence-electron chi connectivity index (χ4n) is 4.55.